The highest BCUT2D eigenvalue weighted by atomic mass is 35.5. The molecule has 9 heteroatoms. The van der Waals surface area contributed by atoms with Gasteiger partial charge in [0.1, 0.15) is 16.2 Å². The Morgan fingerprint density at radius 1 is 0.939 bits per heavy atom. The van der Waals surface area contributed by atoms with E-state index in [2.05, 4.69) is 15.1 Å². The Bertz CT molecular complexity index is 1640. The van der Waals surface area contributed by atoms with Crippen LogP contribution >= 0.6 is 11.6 Å². The standard InChI is InChI=1S/C24H18ClN5O2S/c1-15-6-12-18(13-7-15)33(31,32)22-21-24(29-20-5-3-2-4-19(20)28-21)30(23(22)26)27-14-16-8-10-17(25)11-9-16/h2-14H,26H2,1H3. The van der Waals surface area contributed by atoms with Crippen molar-refractivity contribution in [3.05, 3.63) is 88.9 Å². The Morgan fingerprint density at radius 3 is 2.24 bits per heavy atom. The first-order valence-corrected chi connectivity index (χ1v) is 11.9. The molecule has 2 heterocycles. The molecular formula is C24H18ClN5O2S. The van der Waals surface area contributed by atoms with Gasteiger partial charge in [-0.3, -0.25) is 0 Å². The van der Waals surface area contributed by atoms with Crippen LogP contribution in [-0.2, 0) is 9.84 Å². The molecule has 0 aliphatic rings. The molecule has 0 spiro atoms. The second-order valence-corrected chi connectivity index (χ2v) is 9.85. The van der Waals surface area contributed by atoms with Gasteiger partial charge in [-0.1, -0.05) is 53.6 Å². The molecule has 5 rings (SSSR count). The fraction of sp³-hybridized carbons (Fsp3) is 0.0417. The summed E-state index contributed by atoms with van der Waals surface area (Å²) >= 11 is 5.95. The molecule has 0 radical (unpaired) electrons. The Balaban J connectivity index is 1.78. The molecule has 0 saturated heterocycles. The van der Waals surface area contributed by atoms with E-state index in [0.29, 0.717) is 16.1 Å². The van der Waals surface area contributed by atoms with Crippen LogP contribution in [0.1, 0.15) is 11.1 Å². The molecule has 0 atom stereocenters. The summed E-state index contributed by atoms with van der Waals surface area (Å²) in [5.41, 5.74) is 9.68. The monoisotopic (exact) mass is 475 g/mol. The summed E-state index contributed by atoms with van der Waals surface area (Å²) in [6, 6.07) is 20.9. The lowest BCUT2D eigenvalue weighted by Gasteiger charge is -2.05. The number of nitrogens with two attached hydrogens (primary N) is 1. The zero-order valence-electron chi connectivity index (χ0n) is 17.5. The molecule has 0 aliphatic heterocycles. The minimum atomic E-state index is -3.99. The van der Waals surface area contributed by atoms with Crippen molar-refractivity contribution in [3.63, 3.8) is 0 Å². The second-order valence-electron chi connectivity index (χ2n) is 7.52. The highest BCUT2D eigenvalue weighted by Crippen LogP contribution is 2.35. The molecule has 0 bridgehead atoms. The Morgan fingerprint density at radius 2 is 1.58 bits per heavy atom. The number of halogens is 1. The number of sulfone groups is 1. The van der Waals surface area contributed by atoms with Crippen molar-refractivity contribution >= 4 is 55.7 Å². The van der Waals surface area contributed by atoms with Gasteiger partial charge in [0, 0.05) is 5.02 Å². The fourth-order valence-electron chi connectivity index (χ4n) is 3.51. The third kappa shape index (κ3) is 3.73. The van der Waals surface area contributed by atoms with Gasteiger partial charge in [0.25, 0.3) is 0 Å². The smallest absolute Gasteiger partial charge is 0.212 e. The van der Waals surface area contributed by atoms with E-state index in [9.17, 15) is 8.42 Å². The molecule has 0 unspecified atom stereocenters. The molecule has 33 heavy (non-hydrogen) atoms. The van der Waals surface area contributed by atoms with Crippen LogP contribution < -0.4 is 5.73 Å². The van der Waals surface area contributed by atoms with Gasteiger partial charge in [0.05, 0.1) is 22.1 Å². The molecule has 0 saturated carbocycles. The predicted molar refractivity (Wildman–Crippen MR) is 131 cm³/mol. The van der Waals surface area contributed by atoms with Gasteiger partial charge in [-0.05, 0) is 48.9 Å². The maximum absolute atomic E-state index is 13.6. The Labute approximate surface area is 195 Å². The summed E-state index contributed by atoms with van der Waals surface area (Å²) in [5.74, 6) is -0.0638. The van der Waals surface area contributed by atoms with Gasteiger partial charge < -0.3 is 5.73 Å². The molecule has 2 N–H and O–H groups in total. The van der Waals surface area contributed by atoms with E-state index in [0.717, 1.165) is 11.1 Å². The summed E-state index contributed by atoms with van der Waals surface area (Å²) in [5, 5.41) is 5.04. The van der Waals surface area contributed by atoms with Crippen molar-refractivity contribution in [1.29, 1.82) is 0 Å². The molecule has 0 aliphatic carbocycles. The van der Waals surface area contributed by atoms with Crippen LogP contribution in [0.2, 0.25) is 5.02 Å². The molecule has 5 aromatic rings. The van der Waals surface area contributed by atoms with Gasteiger partial charge in [-0.15, -0.1) is 0 Å². The number of benzene rings is 3. The fourth-order valence-corrected chi connectivity index (χ4v) is 5.12. The third-order valence-electron chi connectivity index (χ3n) is 5.22. The largest absolute Gasteiger partial charge is 0.382 e. The zero-order valence-corrected chi connectivity index (χ0v) is 19.0. The van der Waals surface area contributed by atoms with Crippen LogP contribution in [0.15, 0.2) is 87.7 Å². The number of aryl methyl sites for hydroxylation is 1. The van der Waals surface area contributed by atoms with Crippen molar-refractivity contribution in [2.45, 2.75) is 16.7 Å². The normalized spacial score (nSPS) is 12.2. The van der Waals surface area contributed by atoms with Crippen LogP contribution in [0.25, 0.3) is 22.2 Å². The summed E-state index contributed by atoms with van der Waals surface area (Å²) in [4.78, 5) is 9.23. The molecular weight excluding hydrogens is 458 g/mol. The lowest BCUT2D eigenvalue weighted by molar-refractivity contribution is 0.597. The zero-order chi connectivity index (χ0) is 23.2. The summed E-state index contributed by atoms with van der Waals surface area (Å²) in [6.07, 6.45) is 1.56. The van der Waals surface area contributed by atoms with E-state index in [1.54, 1.807) is 66.9 Å². The molecule has 7 nitrogen and oxygen atoms in total. The Hall–Kier alpha value is -3.75. The van der Waals surface area contributed by atoms with E-state index in [4.69, 9.17) is 17.3 Å². The van der Waals surface area contributed by atoms with E-state index < -0.39 is 9.84 Å². The van der Waals surface area contributed by atoms with E-state index in [1.807, 2.05) is 19.1 Å². The predicted octanol–water partition coefficient (Wildman–Crippen LogP) is 4.84. The van der Waals surface area contributed by atoms with Gasteiger partial charge in [-0.25, -0.2) is 18.4 Å². The van der Waals surface area contributed by atoms with Gasteiger partial charge in [0.15, 0.2) is 5.65 Å². The van der Waals surface area contributed by atoms with Crippen LogP contribution in [0.5, 0.6) is 0 Å². The van der Waals surface area contributed by atoms with Crippen molar-refractivity contribution in [2.75, 3.05) is 5.73 Å². The maximum atomic E-state index is 13.6. The van der Waals surface area contributed by atoms with Gasteiger partial charge in [0.2, 0.25) is 9.84 Å². The quantitative estimate of drug-likeness (QED) is 0.374. The van der Waals surface area contributed by atoms with Crippen LogP contribution in [0.4, 0.5) is 5.82 Å². The van der Waals surface area contributed by atoms with E-state index in [1.165, 1.54) is 4.68 Å². The molecule has 3 aromatic carbocycles. The maximum Gasteiger partial charge on any atom is 0.212 e. The first kappa shape index (κ1) is 21.1. The number of nitrogen functional groups attached to an aromatic ring is 1. The van der Waals surface area contributed by atoms with Gasteiger partial charge >= 0.3 is 0 Å². The third-order valence-corrected chi connectivity index (χ3v) is 7.31. The lowest BCUT2D eigenvalue weighted by atomic mass is 10.2. The highest BCUT2D eigenvalue weighted by molar-refractivity contribution is 7.92. The summed E-state index contributed by atoms with van der Waals surface area (Å²) in [6.45, 7) is 1.89. The SMILES string of the molecule is Cc1ccc(S(=O)(=O)c2c(N)n(N=Cc3ccc(Cl)cc3)c3nc4ccccc4nc23)cc1. The highest BCUT2D eigenvalue weighted by Gasteiger charge is 2.30. The second kappa shape index (κ2) is 7.99. The lowest BCUT2D eigenvalue weighted by Crippen LogP contribution is -2.06. The molecule has 0 amide bonds. The van der Waals surface area contributed by atoms with Gasteiger partial charge in [-0.2, -0.15) is 9.78 Å². The van der Waals surface area contributed by atoms with E-state index >= 15 is 0 Å². The van der Waals surface area contributed by atoms with Crippen LogP contribution in [0.3, 0.4) is 0 Å². The van der Waals surface area contributed by atoms with Crippen molar-refractivity contribution < 1.29 is 8.42 Å². The number of fused-ring (bicyclic) bond motifs is 2. The minimum absolute atomic E-state index is 0.0638. The average molecular weight is 476 g/mol. The Kier molecular flexibility index (Phi) is 5.11. The number of aromatic nitrogens is 3. The van der Waals surface area contributed by atoms with Crippen LogP contribution in [0, 0.1) is 6.92 Å². The topological polar surface area (TPSA) is 103 Å². The van der Waals surface area contributed by atoms with Crippen LogP contribution in [-0.4, -0.2) is 29.3 Å². The minimum Gasteiger partial charge on any atom is -0.382 e. The summed E-state index contributed by atoms with van der Waals surface area (Å²) in [7, 11) is -3.99. The first-order valence-electron chi connectivity index (χ1n) is 10.0. The molecule has 2 aromatic heterocycles. The number of para-hydroxylation sites is 2. The summed E-state index contributed by atoms with van der Waals surface area (Å²) < 4.78 is 28.5. The number of nitrogens with zero attached hydrogens (tertiary/aromatic N) is 4. The first-order chi connectivity index (χ1) is 15.8. The molecule has 164 valence electrons. The van der Waals surface area contributed by atoms with Crippen molar-refractivity contribution in [2.24, 2.45) is 5.10 Å². The number of rotatable bonds is 4. The number of hydrogen-bond acceptors (Lipinski definition) is 6. The number of anilines is 1. The molecule has 0 fully saturated rings. The number of hydrogen-bond donors (Lipinski definition) is 1. The average Bonchev–Trinajstić information content (AvgIpc) is 3.08. The van der Waals surface area contributed by atoms with Crippen molar-refractivity contribution in [1.82, 2.24) is 14.6 Å². The van der Waals surface area contributed by atoms with E-state index in [-0.39, 0.29) is 26.8 Å². The van der Waals surface area contributed by atoms with Crippen molar-refractivity contribution in [3.8, 4) is 0 Å².